The number of benzene rings is 1. The molecule has 3 nitrogen and oxygen atoms in total. The van der Waals surface area contributed by atoms with Crippen LogP contribution in [0.15, 0.2) is 63.0 Å². The molecule has 2 heterocycles. The number of carbonyl (C=O) groups is 1. The molecule has 23 heavy (non-hydrogen) atoms. The van der Waals surface area contributed by atoms with Crippen molar-refractivity contribution in [2.75, 3.05) is 0 Å². The van der Waals surface area contributed by atoms with Crippen molar-refractivity contribution in [1.82, 2.24) is 4.90 Å². The molecule has 0 bridgehead atoms. The average molecular weight is 394 g/mol. The fraction of sp³-hybridized carbons (Fsp3) is 0.118. The molecule has 0 aliphatic rings. The van der Waals surface area contributed by atoms with E-state index in [4.69, 9.17) is 4.42 Å². The molecule has 1 aromatic carbocycles. The van der Waals surface area contributed by atoms with Crippen LogP contribution in [0.3, 0.4) is 0 Å². The quantitative estimate of drug-likeness (QED) is 0.604. The first-order valence-corrected chi connectivity index (χ1v) is 8.60. The third kappa shape index (κ3) is 3.89. The molecule has 0 aliphatic heterocycles. The van der Waals surface area contributed by atoms with E-state index in [1.54, 1.807) is 28.6 Å². The first-order valence-electron chi connectivity index (χ1n) is 6.92. The number of halogens is 2. The molecule has 0 atom stereocenters. The van der Waals surface area contributed by atoms with Crippen LogP contribution in [0, 0.1) is 5.82 Å². The zero-order chi connectivity index (χ0) is 16.2. The van der Waals surface area contributed by atoms with E-state index in [0.717, 1.165) is 4.88 Å². The van der Waals surface area contributed by atoms with Crippen LogP contribution in [-0.4, -0.2) is 10.8 Å². The van der Waals surface area contributed by atoms with E-state index < -0.39 is 0 Å². The van der Waals surface area contributed by atoms with Crippen LogP contribution in [0.4, 0.5) is 4.39 Å². The second-order valence-corrected chi connectivity index (χ2v) is 6.83. The highest BCUT2D eigenvalue weighted by Gasteiger charge is 2.20. The maximum atomic E-state index is 13.3. The van der Waals surface area contributed by atoms with Crippen molar-refractivity contribution >= 4 is 33.2 Å². The van der Waals surface area contributed by atoms with Crippen LogP contribution >= 0.6 is 27.3 Å². The number of amides is 1. The predicted octanol–water partition coefficient (Wildman–Crippen LogP) is 5.09. The van der Waals surface area contributed by atoms with Gasteiger partial charge in [-0.25, -0.2) is 4.39 Å². The Kier molecular flexibility index (Phi) is 4.93. The van der Waals surface area contributed by atoms with Crippen molar-refractivity contribution in [3.8, 4) is 0 Å². The third-order valence-corrected chi connectivity index (χ3v) is 4.82. The van der Waals surface area contributed by atoms with Gasteiger partial charge in [0.2, 0.25) is 0 Å². The van der Waals surface area contributed by atoms with Crippen molar-refractivity contribution in [2.45, 2.75) is 13.1 Å². The summed E-state index contributed by atoms with van der Waals surface area (Å²) in [6.45, 7) is 0.828. The molecule has 6 heteroatoms. The number of nitrogens with zero attached hydrogens (tertiary/aromatic N) is 1. The molecule has 0 radical (unpaired) electrons. The van der Waals surface area contributed by atoms with Crippen LogP contribution in [0.2, 0.25) is 0 Å². The lowest BCUT2D eigenvalue weighted by Crippen LogP contribution is -2.30. The summed E-state index contributed by atoms with van der Waals surface area (Å²) in [5.74, 6) is 0.138. The van der Waals surface area contributed by atoms with Gasteiger partial charge in [0.15, 0.2) is 0 Å². The minimum Gasteiger partial charge on any atom is -0.467 e. The van der Waals surface area contributed by atoms with E-state index in [0.29, 0.717) is 28.9 Å². The van der Waals surface area contributed by atoms with Gasteiger partial charge in [-0.15, -0.1) is 11.3 Å². The summed E-state index contributed by atoms with van der Waals surface area (Å²) in [5.41, 5.74) is 0.425. The van der Waals surface area contributed by atoms with Gasteiger partial charge in [0.1, 0.15) is 11.6 Å². The van der Waals surface area contributed by atoms with Gasteiger partial charge < -0.3 is 9.32 Å². The van der Waals surface area contributed by atoms with Gasteiger partial charge in [0.05, 0.1) is 24.9 Å². The van der Waals surface area contributed by atoms with Gasteiger partial charge in [0.25, 0.3) is 5.91 Å². The molecule has 0 fully saturated rings. The summed E-state index contributed by atoms with van der Waals surface area (Å²) >= 11 is 4.85. The number of furan rings is 1. The summed E-state index contributed by atoms with van der Waals surface area (Å²) < 4.78 is 19.1. The SMILES string of the molecule is O=C(c1ccc(F)cc1Br)N(Cc1ccco1)Cc1cccs1. The minimum atomic E-state index is -0.385. The normalized spacial score (nSPS) is 10.7. The minimum absolute atomic E-state index is 0.179. The third-order valence-electron chi connectivity index (χ3n) is 3.30. The van der Waals surface area contributed by atoms with E-state index in [1.165, 1.54) is 18.2 Å². The van der Waals surface area contributed by atoms with Crippen molar-refractivity contribution in [2.24, 2.45) is 0 Å². The lowest BCUT2D eigenvalue weighted by atomic mass is 10.2. The van der Waals surface area contributed by atoms with Crippen molar-refractivity contribution in [3.63, 3.8) is 0 Å². The van der Waals surface area contributed by atoms with E-state index in [-0.39, 0.29) is 11.7 Å². The van der Waals surface area contributed by atoms with E-state index in [2.05, 4.69) is 15.9 Å². The van der Waals surface area contributed by atoms with Gasteiger partial charge in [-0.05, 0) is 57.7 Å². The highest BCUT2D eigenvalue weighted by Crippen LogP contribution is 2.23. The number of thiophene rings is 1. The van der Waals surface area contributed by atoms with Crippen molar-refractivity contribution < 1.29 is 13.6 Å². The molecule has 3 rings (SSSR count). The number of hydrogen-bond acceptors (Lipinski definition) is 3. The predicted molar refractivity (Wildman–Crippen MR) is 90.7 cm³/mol. The standard InChI is InChI=1S/C17H13BrFNO2S/c18-16-9-12(19)5-6-15(16)17(21)20(10-13-3-1-7-22-13)11-14-4-2-8-23-14/h1-9H,10-11H2. The van der Waals surface area contributed by atoms with Crippen LogP contribution in [0.25, 0.3) is 0 Å². The molecular weight excluding hydrogens is 381 g/mol. The number of rotatable bonds is 5. The summed E-state index contributed by atoms with van der Waals surface area (Å²) in [5, 5.41) is 1.97. The Morgan fingerprint density at radius 3 is 2.74 bits per heavy atom. The maximum Gasteiger partial charge on any atom is 0.255 e. The lowest BCUT2D eigenvalue weighted by molar-refractivity contribution is 0.0718. The maximum absolute atomic E-state index is 13.3. The monoisotopic (exact) mass is 393 g/mol. The molecule has 0 saturated heterocycles. The summed E-state index contributed by atoms with van der Waals surface area (Å²) in [7, 11) is 0. The molecule has 0 N–H and O–H groups in total. The number of carbonyl (C=O) groups excluding carboxylic acids is 1. The highest BCUT2D eigenvalue weighted by molar-refractivity contribution is 9.10. The Hall–Kier alpha value is -1.92. The topological polar surface area (TPSA) is 33.5 Å². The molecule has 2 aromatic heterocycles. The van der Waals surface area contributed by atoms with E-state index in [1.807, 2.05) is 23.6 Å². The van der Waals surface area contributed by atoms with E-state index >= 15 is 0 Å². The van der Waals surface area contributed by atoms with Gasteiger partial charge >= 0.3 is 0 Å². The van der Waals surface area contributed by atoms with Crippen LogP contribution < -0.4 is 0 Å². The van der Waals surface area contributed by atoms with Crippen LogP contribution in [0.1, 0.15) is 21.0 Å². The van der Waals surface area contributed by atoms with Gasteiger partial charge in [-0.1, -0.05) is 6.07 Å². The van der Waals surface area contributed by atoms with Gasteiger partial charge in [-0.2, -0.15) is 0 Å². The Morgan fingerprint density at radius 2 is 2.09 bits per heavy atom. The first-order chi connectivity index (χ1) is 11.1. The Balaban J connectivity index is 1.88. The zero-order valence-electron chi connectivity index (χ0n) is 12.0. The second-order valence-electron chi connectivity index (χ2n) is 4.94. The molecule has 3 aromatic rings. The summed E-state index contributed by atoms with van der Waals surface area (Å²) in [4.78, 5) is 15.6. The molecule has 0 unspecified atom stereocenters. The van der Waals surface area contributed by atoms with Gasteiger partial charge in [0, 0.05) is 9.35 Å². The molecule has 0 aliphatic carbocycles. The Morgan fingerprint density at radius 1 is 1.22 bits per heavy atom. The first kappa shape index (κ1) is 16.0. The van der Waals surface area contributed by atoms with Crippen LogP contribution in [-0.2, 0) is 13.1 Å². The largest absolute Gasteiger partial charge is 0.467 e. The molecule has 0 spiro atoms. The zero-order valence-corrected chi connectivity index (χ0v) is 14.4. The highest BCUT2D eigenvalue weighted by atomic mass is 79.9. The smallest absolute Gasteiger partial charge is 0.255 e. The molecule has 118 valence electrons. The number of hydrogen-bond donors (Lipinski definition) is 0. The fourth-order valence-electron chi connectivity index (χ4n) is 2.21. The fourth-order valence-corrected chi connectivity index (χ4v) is 3.45. The Bertz CT molecular complexity index is 751. The van der Waals surface area contributed by atoms with Crippen molar-refractivity contribution in [3.05, 3.63) is 80.6 Å². The summed E-state index contributed by atoms with van der Waals surface area (Å²) in [6, 6.07) is 11.6. The van der Waals surface area contributed by atoms with E-state index in [9.17, 15) is 9.18 Å². The Labute approximate surface area is 145 Å². The molecular formula is C17H13BrFNO2S. The second kappa shape index (κ2) is 7.10. The lowest BCUT2D eigenvalue weighted by Gasteiger charge is -2.21. The average Bonchev–Trinajstić information content (AvgIpc) is 3.19. The molecule has 1 amide bonds. The summed E-state index contributed by atoms with van der Waals surface area (Å²) in [6.07, 6.45) is 1.58. The van der Waals surface area contributed by atoms with Crippen molar-refractivity contribution in [1.29, 1.82) is 0 Å². The van der Waals surface area contributed by atoms with Crippen LogP contribution in [0.5, 0.6) is 0 Å². The van der Waals surface area contributed by atoms with Gasteiger partial charge in [-0.3, -0.25) is 4.79 Å². The molecule has 0 saturated carbocycles.